The lowest BCUT2D eigenvalue weighted by molar-refractivity contribution is 0.262. The van der Waals surface area contributed by atoms with Crippen molar-refractivity contribution in [3.8, 4) is 0 Å². The van der Waals surface area contributed by atoms with Crippen LogP contribution in [0.4, 0.5) is 21.9 Å². The Morgan fingerprint density at radius 3 is 2.33 bits per heavy atom. The number of para-hydroxylation sites is 1. The number of urea groups is 1. The van der Waals surface area contributed by atoms with E-state index in [-0.39, 0.29) is 12.5 Å². The SMILES string of the molecule is CN(c1ccc(NC(=O)Nc2ccccc2)cc1)S(=O)(=O)C1CC(c2ccnn2C)=C(Cl)S1. The summed E-state index contributed by atoms with van der Waals surface area (Å²) in [5.41, 5.74) is 3.26. The Morgan fingerprint density at radius 2 is 1.73 bits per heavy atom. The third-order valence-corrected chi connectivity index (χ3v) is 9.41. The number of rotatable bonds is 6. The number of nitrogens with one attached hydrogen (secondary N) is 2. The monoisotopic (exact) mass is 503 g/mol. The van der Waals surface area contributed by atoms with Crippen molar-refractivity contribution in [2.24, 2.45) is 7.05 Å². The van der Waals surface area contributed by atoms with E-state index in [1.165, 1.54) is 11.4 Å². The van der Waals surface area contributed by atoms with Crippen molar-refractivity contribution in [1.29, 1.82) is 0 Å². The molecule has 0 radical (unpaired) electrons. The zero-order chi connectivity index (χ0) is 23.6. The molecule has 0 spiro atoms. The molecule has 0 bridgehead atoms. The summed E-state index contributed by atoms with van der Waals surface area (Å²) in [6.07, 6.45) is 1.94. The number of hydrogen-bond donors (Lipinski definition) is 2. The number of aromatic nitrogens is 2. The van der Waals surface area contributed by atoms with E-state index in [0.29, 0.717) is 21.4 Å². The van der Waals surface area contributed by atoms with Gasteiger partial charge in [0.15, 0.2) is 0 Å². The maximum absolute atomic E-state index is 13.3. The van der Waals surface area contributed by atoms with E-state index >= 15 is 0 Å². The fourth-order valence-electron chi connectivity index (χ4n) is 3.41. The molecule has 4 rings (SSSR count). The Morgan fingerprint density at radius 1 is 1.09 bits per heavy atom. The molecule has 2 N–H and O–H groups in total. The van der Waals surface area contributed by atoms with Gasteiger partial charge in [-0.1, -0.05) is 41.6 Å². The number of amides is 2. The summed E-state index contributed by atoms with van der Waals surface area (Å²) in [5.74, 6) is 0. The largest absolute Gasteiger partial charge is 0.323 e. The van der Waals surface area contributed by atoms with E-state index in [4.69, 9.17) is 11.6 Å². The lowest BCUT2D eigenvalue weighted by Gasteiger charge is -2.23. The van der Waals surface area contributed by atoms with Crippen LogP contribution in [0.15, 0.2) is 71.2 Å². The Balaban J connectivity index is 1.42. The fourth-order valence-corrected chi connectivity index (χ4v) is 7.18. The summed E-state index contributed by atoms with van der Waals surface area (Å²) in [6, 6.07) is 17.1. The van der Waals surface area contributed by atoms with Crippen LogP contribution in [-0.2, 0) is 17.1 Å². The maximum atomic E-state index is 13.3. The minimum absolute atomic E-state index is 0.287. The average molecular weight is 504 g/mol. The summed E-state index contributed by atoms with van der Waals surface area (Å²) in [5, 5.41) is 9.60. The van der Waals surface area contributed by atoms with Crippen LogP contribution in [0.2, 0.25) is 0 Å². The zero-order valence-electron chi connectivity index (χ0n) is 17.9. The van der Waals surface area contributed by atoms with E-state index < -0.39 is 14.6 Å². The van der Waals surface area contributed by atoms with Crippen LogP contribution in [-0.4, -0.2) is 35.9 Å². The molecule has 0 fully saturated rings. The van der Waals surface area contributed by atoms with Gasteiger partial charge in [0.2, 0.25) is 10.0 Å². The third-order valence-electron chi connectivity index (χ3n) is 5.21. The Hall–Kier alpha value is -2.95. The van der Waals surface area contributed by atoms with E-state index in [9.17, 15) is 13.2 Å². The number of thioether (sulfide) groups is 1. The van der Waals surface area contributed by atoms with Gasteiger partial charge in [-0.2, -0.15) is 5.10 Å². The van der Waals surface area contributed by atoms with Crippen molar-refractivity contribution in [2.45, 2.75) is 11.0 Å². The van der Waals surface area contributed by atoms with Gasteiger partial charge in [-0.05, 0) is 42.5 Å². The van der Waals surface area contributed by atoms with Crippen LogP contribution in [0.5, 0.6) is 0 Å². The molecule has 11 heteroatoms. The van der Waals surface area contributed by atoms with Crippen LogP contribution in [0.3, 0.4) is 0 Å². The highest BCUT2D eigenvalue weighted by Crippen LogP contribution is 2.47. The first-order valence-electron chi connectivity index (χ1n) is 10.0. The second-order valence-corrected chi connectivity index (χ2v) is 11.6. The summed E-state index contributed by atoms with van der Waals surface area (Å²) in [4.78, 5) is 12.2. The van der Waals surface area contributed by atoms with E-state index in [0.717, 1.165) is 23.0 Å². The lowest BCUT2D eigenvalue weighted by atomic mass is 10.2. The molecule has 8 nitrogen and oxygen atoms in total. The molecule has 0 saturated carbocycles. The quantitative estimate of drug-likeness (QED) is 0.498. The number of halogens is 1. The Labute approximate surface area is 201 Å². The number of benzene rings is 2. The van der Waals surface area contributed by atoms with Gasteiger partial charge < -0.3 is 10.6 Å². The van der Waals surface area contributed by atoms with Crippen molar-refractivity contribution in [1.82, 2.24) is 9.78 Å². The van der Waals surface area contributed by atoms with Gasteiger partial charge in [-0.25, -0.2) is 13.2 Å². The van der Waals surface area contributed by atoms with Crippen LogP contribution >= 0.6 is 23.4 Å². The van der Waals surface area contributed by atoms with Crippen molar-refractivity contribution in [2.75, 3.05) is 22.0 Å². The minimum Gasteiger partial charge on any atom is -0.308 e. The Bertz CT molecular complexity index is 1290. The van der Waals surface area contributed by atoms with Crippen LogP contribution in [0.25, 0.3) is 5.57 Å². The van der Waals surface area contributed by atoms with Gasteiger partial charge in [0.25, 0.3) is 0 Å². The highest BCUT2D eigenvalue weighted by Gasteiger charge is 2.38. The number of anilines is 3. The van der Waals surface area contributed by atoms with E-state index in [2.05, 4.69) is 15.7 Å². The molecule has 172 valence electrons. The molecule has 2 heterocycles. The van der Waals surface area contributed by atoms with Gasteiger partial charge in [0.1, 0.15) is 4.58 Å². The second kappa shape index (κ2) is 9.50. The lowest BCUT2D eigenvalue weighted by Crippen LogP contribution is -2.33. The first-order valence-corrected chi connectivity index (χ1v) is 12.8. The third kappa shape index (κ3) is 5.02. The van der Waals surface area contributed by atoms with E-state index in [1.54, 1.807) is 54.3 Å². The zero-order valence-corrected chi connectivity index (χ0v) is 20.3. The van der Waals surface area contributed by atoms with Crippen molar-refractivity contribution in [3.05, 3.63) is 76.9 Å². The molecule has 2 amide bonds. The molecule has 33 heavy (non-hydrogen) atoms. The van der Waals surface area contributed by atoms with Gasteiger partial charge in [0.05, 0.1) is 15.7 Å². The molecule has 1 aliphatic rings. The summed E-state index contributed by atoms with van der Waals surface area (Å²) < 4.78 is 29.2. The fraction of sp³-hybridized carbons (Fsp3) is 0.182. The second-order valence-electron chi connectivity index (χ2n) is 7.35. The molecule has 1 atom stereocenters. The van der Waals surface area contributed by atoms with Crippen molar-refractivity contribution in [3.63, 3.8) is 0 Å². The number of carbonyl (C=O) groups excluding carboxylic acids is 1. The molecule has 2 aromatic carbocycles. The highest BCUT2D eigenvalue weighted by molar-refractivity contribution is 8.17. The summed E-state index contributed by atoms with van der Waals surface area (Å²) in [7, 11) is -0.394. The predicted octanol–water partition coefficient (Wildman–Crippen LogP) is 4.90. The first-order chi connectivity index (χ1) is 15.8. The maximum Gasteiger partial charge on any atom is 0.323 e. The molecule has 1 aliphatic heterocycles. The molecule has 3 aromatic rings. The van der Waals surface area contributed by atoms with Crippen molar-refractivity contribution >= 4 is 62.1 Å². The number of sulfonamides is 1. The van der Waals surface area contributed by atoms with Gasteiger partial charge in [0, 0.05) is 43.7 Å². The summed E-state index contributed by atoms with van der Waals surface area (Å²) in [6.45, 7) is 0. The topological polar surface area (TPSA) is 96.3 Å². The van der Waals surface area contributed by atoms with Gasteiger partial charge >= 0.3 is 6.03 Å². The number of carbonyl (C=O) groups is 1. The molecule has 0 saturated heterocycles. The Kier molecular flexibility index (Phi) is 6.68. The van der Waals surface area contributed by atoms with Crippen LogP contribution in [0.1, 0.15) is 12.1 Å². The average Bonchev–Trinajstić information content (AvgIpc) is 3.39. The molecular weight excluding hydrogens is 482 g/mol. The highest BCUT2D eigenvalue weighted by atomic mass is 35.5. The van der Waals surface area contributed by atoms with Crippen LogP contribution in [0, 0.1) is 0 Å². The van der Waals surface area contributed by atoms with E-state index in [1.807, 2.05) is 24.3 Å². The smallest absolute Gasteiger partial charge is 0.308 e. The number of nitrogens with zero attached hydrogens (tertiary/aromatic N) is 3. The molecule has 1 unspecified atom stereocenters. The molecule has 0 aliphatic carbocycles. The minimum atomic E-state index is -3.70. The normalized spacial score (nSPS) is 16.0. The van der Waals surface area contributed by atoms with Crippen molar-refractivity contribution < 1.29 is 13.2 Å². The van der Waals surface area contributed by atoms with Gasteiger partial charge in [-0.3, -0.25) is 8.99 Å². The number of hydrogen-bond acceptors (Lipinski definition) is 5. The number of aryl methyl sites for hydroxylation is 1. The standard InChI is InChI=1S/C22H22ClN5O3S2/c1-27-19(12-13-24-27)18-14-20(32-21(18)23)33(30,31)28(2)17-10-8-16(9-11-17)26-22(29)25-15-6-4-3-5-7-15/h3-13,20H,14H2,1-2H3,(H2,25,26,29). The molecule has 1 aromatic heterocycles. The summed E-state index contributed by atoms with van der Waals surface area (Å²) >= 11 is 7.52. The first kappa shape index (κ1) is 23.2. The predicted molar refractivity (Wildman–Crippen MR) is 135 cm³/mol. The van der Waals surface area contributed by atoms with Gasteiger partial charge in [-0.15, -0.1) is 0 Å². The van der Waals surface area contributed by atoms with Crippen LogP contribution < -0.4 is 14.9 Å². The molecular formula is C22H22ClN5O3S2. The number of allylic oxidation sites excluding steroid dienone is 1.